The molecule has 1 aromatic rings. The maximum absolute atomic E-state index is 5.84. The Balaban J connectivity index is 2.77. The van der Waals surface area contributed by atoms with Crippen molar-refractivity contribution >= 4 is 17.4 Å². The summed E-state index contributed by atoms with van der Waals surface area (Å²) in [6, 6.07) is 0.185. The molecule has 1 rings (SSSR count). The number of aromatic nitrogens is 2. The van der Waals surface area contributed by atoms with Crippen molar-refractivity contribution in [2.45, 2.75) is 26.3 Å². The average Bonchev–Trinajstić information content (AvgIpc) is 2.13. The van der Waals surface area contributed by atoms with Crippen LogP contribution in [-0.4, -0.2) is 16.0 Å². The molecule has 0 amide bonds. The number of nitrogens with one attached hydrogen (secondary N) is 1. The molecule has 0 aliphatic heterocycles. The Morgan fingerprint density at radius 2 is 2.36 bits per heavy atom. The van der Waals surface area contributed by atoms with Gasteiger partial charge in [0, 0.05) is 18.0 Å². The SMILES string of the molecule is C#CCC(C)Nc1ncnc(Cl)c1C. The molecule has 0 saturated heterocycles. The van der Waals surface area contributed by atoms with Gasteiger partial charge in [0.2, 0.25) is 0 Å². The van der Waals surface area contributed by atoms with E-state index >= 15 is 0 Å². The van der Waals surface area contributed by atoms with E-state index in [1.807, 2.05) is 13.8 Å². The third-order valence-corrected chi connectivity index (χ3v) is 2.21. The Bertz CT molecular complexity index is 357. The predicted octanol–water partition coefficient (Wildman–Crippen LogP) is 2.26. The van der Waals surface area contributed by atoms with Crippen molar-refractivity contribution in [3.05, 3.63) is 17.0 Å². The molecule has 0 aliphatic rings. The molecule has 1 heterocycles. The zero-order valence-electron chi connectivity index (χ0n) is 8.21. The van der Waals surface area contributed by atoms with Crippen LogP contribution < -0.4 is 5.32 Å². The second-order valence-electron chi connectivity index (χ2n) is 3.09. The topological polar surface area (TPSA) is 37.8 Å². The molecule has 74 valence electrons. The summed E-state index contributed by atoms with van der Waals surface area (Å²) < 4.78 is 0. The normalized spacial score (nSPS) is 11.9. The average molecular weight is 210 g/mol. The Morgan fingerprint density at radius 3 is 3.00 bits per heavy atom. The standard InChI is InChI=1S/C10H12ClN3/c1-4-5-7(2)14-10-8(3)9(11)12-6-13-10/h1,6-7H,5H2,2-3H3,(H,12,13,14). The maximum atomic E-state index is 5.84. The molecule has 3 nitrogen and oxygen atoms in total. The Hall–Kier alpha value is -1.27. The van der Waals surface area contributed by atoms with E-state index in [9.17, 15) is 0 Å². The summed E-state index contributed by atoms with van der Waals surface area (Å²) in [7, 11) is 0. The van der Waals surface area contributed by atoms with Crippen LogP contribution in [0.4, 0.5) is 5.82 Å². The van der Waals surface area contributed by atoms with Gasteiger partial charge in [-0.1, -0.05) is 11.6 Å². The molecule has 0 aliphatic carbocycles. The quantitative estimate of drug-likeness (QED) is 0.613. The van der Waals surface area contributed by atoms with Gasteiger partial charge in [-0.25, -0.2) is 9.97 Å². The monoisotopic (exact) mass is 209 g/mol. The summed E-state index contributed by atoms with van der Waals surface area (Å²) in [5.41, 5.74) is 0.845. The molecule has 0 aromatic carbocycles. The van der Waals surface area contributed by atoms with E-state index in [4.69, 9.17) is 18.0 Å². The van der Waals surface area contributed by atoms with Crippen molar-refractivity contribution in [3.63, 3.8) is 0 Å². The number of terminal acetylenes is 1. The van der Waals surface area contributed by atoms with Crippen LogP contribution in [0.5, 0.6) is 0 Å². The number of hydrogen-bond acceptors (Lipinski definition) is 3. The van der Waals surface area contributed by atoms with E-state index in [2.05, 4.69) is 21.2 Å². The Morgan fingerprint density at radius 1 is 1.64 bits per heavy atom. The summed E-state index contributed by atoms with van der Waals surface area (Å²) in [5, 5.41) is 3.64. The van der Waals surface area contributed by atoms with Crippen molar-refractivity contribution in [2.75, 3.05) is 5.32 Å². The number of halogens is 1. The zero-order valence-corrected chi connectivity index (χ0v) is 8.97. The number of rotatable bonds is 3. The second kappa shape index (κ2) is 4.83. The predicted molar refractivity (Wildman–Crippen MR) is 58.3 cm³/mol. The van der Waals surface area contributed by atoms with E-state index in [0.29, 0.717) is 11.6 Å². The van der Waals surface area contributed by atoms with Gasteiger partial charge in [-0.3, -0.25) is 0 Å². The van der Waals surface area contributed by atoms with Gasteiger partial charge in [0.15, 0.2) is 0 Å². The molecule has 14 heavy (non-hydrogen) atoms. The summed E-state index contributed by atoms with van der Waals surface area (Å²) >= 11 is 5.84. The fourth-order valence-corrected chi connectivity index (χ4v) is 1.17. The van der Waals surface area contributed by atoms with E-state index in [0.717, 1.165) is 11.4 Å². The van der Waals surface area contributed by atoms with Crippen molar-refractivity contribution in [1.29, 1.82) is 0 Å². The molecule has 1 unspecified atom stereocenters. The van der Waals surface area contributed by atoms with Crippen LogP contribution in [0, 0.1) is 19.3 Å². The van der Waals surface area contributed by atoms with Gasteiger partial charge >= 0.3 is 0 Å². The van der Waals surface area contributed by atoms with Gasteiger partial charge in [0.25, 0.3) is 0 Å². The summed E-state index contributed by atoms with van der Waals surface area (Å²) in [6.07, 6.45) is 7.29. The highest BCUT2D eigenvalue weighted by Gasteiger charge is 2.06. The molecule has 0 spiro atoms. The zero-order chi connectivity index (χ0) is 10.6. The minimum absolute atomic E-state index is 0.185. The molecule has 1 aromatic heterocycles. The lowest BCUT2D eigenvalue weighted by Gasteiger charge is -2.13. The molecule has 0 saturated carbocycles. The first kappa shape index (κ1) is 10.8. The first-order valence-corrected chi connectivity index (χ1v) is 4.70. The minimum Gasteiger partial charge on any atom is -0.366 e. The number of nitrogens with zero attached hydrogens (tertiary/aromatic N) is 2. The lowest BCUT2D eigenvalue weighted by Crippen LogP contribution is -2.16. The third-order valence-electron chi connectivity index (χ3n) is 1.83. The van der Waals surface area contributed by atoms with Crippen LogP contribution >= 0.6 is 11.6 Å². The molecule has 4 heteroatoms. The van der Waals surface area contributed by atoms with Crippen LogP contribution in [-0.2, 0) is 0 Å². The lowest BCUT2D eigenvalue weighted by molar-refractivity contribution is 0.817. The lowest BCUT2D eigenvalue weighted by atomic mass is 10.2. The fourth-order valence-electron chi connectivity index (χ4n) is 1.04. The van der Waals surface area contributed by atoms with Crippen LogP contribution in [0.1, 0.15) is 18.9 Å². The van der Waals surface area contributed by atoms with Gasteiger partial charge in [-0.05, 0) is 13.8 Å². The van der Waals surface area contributed by atoms with Crippen molar-refractivity contribution in [1.82, 2.24) is 9.97 Å². The van der Waals surface area contributed by atoms with Crippen LogP contribution in [0.3, 0.4) is 0 Å². The highest BCUT2D eigenvalue weighted by Crippen LogP contribution is 2.18. The highest BCUT2D eigenvalue weighted by atomic mass is 35.5. The van der Waals surface area contributed by atoms with E-state index in [1.54, 1.807) is 0 Å². The molecule has 1 atom stereocenters. The first-order valence-electron chi connectivity index (χ1n) is 4.32. The molecule has 1 N–H and O–H groups in total. The van der Waals surface area contributed by atoms with Crippen LogP contribution in [0.25, 0.3) is 0 Å². The van der Waals surface area contributed by atoms with Gasteiger partial charge in [-0.15, -0.1) is 12.3 Å². The molecular formula is C10H12ClN3. The van der Waals surface area contributed by atoms with Crippen LogP contribution in [0.15, 0.2) is 6.33 Å². The summed E-state index contributed by atoms with van der Waals surface area (Å²) in [4.78, 5) is 7.95. The maximum Gasteiger partial charge on any atom is 0.137 e. The van der Waals surface area contributed by atoms with Crippen molar-refractivity contribution in [2.24, 2.45) is 0 Å². The summed E-state index contributed by atoms with van der Waals surface area (Å²) in [6.45, 7) is 3.86. The molecular weight excluding hydrogens is 198 g/mol. The minimum atomic E-state index is 0.185. The number of anilines is 1. The molecule has 0 bridgehead atoms. The van der Waals surface area contributed by atoms with Crippen LogP contribution in [0.2, 0.25) is 5.15 Å². The van der Waals surface area contributed by atoms with E-state index in [-0.39, 0.29) is 6.04 Å². The van der Waals surface area contributed by atoms with Gasteiger partial charge in [0.05, 0.1) is 0 Å². The van der Waals surface area contributed by atoms with E-state index in [1.165, 1.54) is 6.33 Å². The number of hydrogen-bond donors (Lipinski definition) is 1. The Labute approximate surface area is 88.9 Å². The first-order chi connectivity index (χ1) is 6.65. The largest absolute Gasteiger partial charge is 0.366 e. The van der Waals surface area contributed by atoms with Crippen molar-refractivity contribution in [3.8, 4) is 12.3 Å². The summed E-state index contributed by atoms with van der Waals surface area (Å²) in [5.74, 6) is 3.33. The van der Waals surface area contributed by atoms with Gasteiger partial charge in [0.1, 0.15) is 17.3 Å². The fraction of sp³-hybridized carbons (Fsp3) is 0.400. The Kier molecular flexibility index (Phi) is 3.73. The third kappa shape index (κ3) is 2.61. The molecule has 0 fully saturated rings. The smallest absolute Gasteiger partial charge is 0.137 e. The van der Waals surface area contributed by atoms with Gasteiger partial charge < -0.3 is 5.32 Å². The van der Waals surface area contributed by atoms with Gasteiger partial charge in [-0.2, -0.15) is 0 Å². The second-order valence-corrected chi connectivity index (χ2v) is 3.45. The highest BCUT2D eigenvalue weighted by molar-refractivity contribution is 6.30. The van der Waals surface area contributed by atoms with E-state index < -0.39 is 0 Å². The molecule has 0 radical (unpaired) electrons. The van der Waals surface area contributed by atoms with Crippen molar-refractivity contribution < 1.29 is 0 Å².